The van der Waals surface area contributed by atoms with Crippen LogP contribution in [-0.2, 0) is 6.42 Å². The van der Waals surface area contributed by atoms with E-state index in [1.807, 2.05) is 0 Å². The maximum absolute atomic E-state index is 5.53. The normalized spacial score (nSPS) is 20.3. The molecule has 0 spiro atoms. The zero-order valence-corrected chi connectivity index (χ0v) is 12.1. The number of hydrogen-bond acceptors (Lipinski definition) is 6. The molecule has 0 amide bonds. The molecule has 2 rings (SSSR count). The zero-order valence-electron chi connectivity index (χ0n) is 12.1. The van der Waals surface area contributed by atoms with Crippen molar-refractivity contribution >= 4 is 11.6 Å². The largest absolute Gasteiger partial charge is 0.355 e. The monoisotopic (exact) mass is 264 g/mol. The fraction of sp³-hybridized carbons (Fsp3) is 0.692. The maximum Gasteiger partial charge on any atom is 0.148 e. The van der Waals surface area contributed by atoms with Crippen LogP contribution in [0, 0.1) is 0 Å². The fourth-order valence-corrected chi connectivity index (χ4v) is 2.79. The summed E-state index contributed by atoms with van der Waals surface area (Å²) in [4.78, 5) is 13.3. The quantitative estimate of drug-likeness (QED) is 0.621. The second-order valence-electron chi connectivity index (χ2n) is 5.19. The summed E-state index contributed by atoms with van der Waals surface area (Å²) in [5.41, 5.74) is 3.75. The van der Waals surface area contributed by atoms with Crippen molar-refractivity contribution in [3.05, 3.63) is 11.9 Å². The van der Waals surface area contributed by atoms with Gasteiger partial charge in [-0.1, -0.05) is 6.92 Å². The Kier molecular flexibility index (Phi) is 4.55. The highest BCUT2D eigenvalue weighted by Gasteiger charge is 2.24. The highest BCUT2D eigenvalue weighted by molar-refractivity contribution is 5.58. The molecule has 0 saturated carbocycles. The summed E-state index contributed by atoms with van der Waals surface area (Å²) >= 11 is 0. The van der Waals surface area contributed by atoms with Crippen LogP contribution in [0.25, 0.3) is 0 Å². The minimum Gasteiger partial charge on any atom is -0.355 e. The van der Waals surface area contributed by atoms with Crippen LogP contribution in [0.15, 0.2) is 6.33 Å². The van der Waals surface area contributed by atoms with Gasteiger partial charge in [0, 0.05) is 25.2 Å². The lowest BCUT2D eigenvalue weighted by atomic mass is 10.0. The average molecular weight is 264 g/mol. The molecule has 1 aromatic heterocycles. The zero-order chi connectivity index (χ0) is 13.8. The Morgan fingerprint density at radius 1 is 1.53 bits per heavy atom. The van der Waals surface area contributed by atoms with E-state index in [0.717, 1.165) is 30.2 Å². The number of hydrogen-bond donors (Lipinski definition) is 2. The predicted octanol–water partition coefficient (Wildman–Crippen LogP) is 0.855. The van der Waals surface area contributed by atoms with Crippen molar-refractivity contribution in [2.24, 2.45) is 5.84 Å². The molecule has 1 aliphatic rings. The van der Waals surface area contributed by atoms with E-state index in [1.165, 1.54) is 19.4 Å². The van der Waals surface area contributed by atoms with Crippen molar-refractivity contribution in [3.8, 4) is 0 Å². The molecule has 1 aliphatic heterocycles. The maximum atomic E-state index is 5.53. The molecule has 1 fully saturated rings. The minimum absolute atomic E-state index is 0.504. The highest BCUT2D eigenvalue weighted by atomic mass is 15.3. The third-order valence-electron chi connectivity index (χ3n) is 3.89. The van der Waals surface area contributed by atoms with Gasteiger partial charge in [0.2, 0.25) is 0 Å². The molecular weight excluding hydrogens is 240 g/mol. The van der Waals surface area contributed by atoms with E-state index >= 15 is 0 Å². The van der Waals surface area contributed by atoms with Gasteiger partial charge in [-0.05, 0) is 32.9 Å². The third-order valence-corrected chi connectivity index (χ3v) is 3.89. The highest BCUT2D eigenvalue weighted by Crippen LogP contribution is 2.26. The molecule has 1 atom stereocenters. The summed E-state index contributed by atoms with van der Waals surface area (Å²) in [5, 5.41) is 0. The predicted molar refractivity (Wildman–Crippen MR) is 78.1 cm³/mol. The number of piperidine rings is 1. The van der Waals surface area contributed by atoms with Crippen LogP contribution in [-0.4, -0.2) is 48.1 Å². The van der Waals surface area contributed by atoms with Gasteiger partial charge in [0.05, 0.1) is 0 Å². The Morgan fingerprint density at radius 2 is 2.32 bits per heavy atom. The van der Waals surface area contributed by atoms with E-state index in [0.29, 0.717) is 6.04 Å². The molecule has 0 radical (unpaired) electrons. The summed E-state index contributed by atoms with van der Waals surface area (Å²) in [6.07, 6.45) is 4.88. The smallest absolute Gasteiger partial charge is 0.148 e. The van der Waals surface area contributed by atoms with E-state index < -0.39 is 0 Å². The summed E-state index contributed by atoms with van der Waals surface area (Å²) in [5.74, 6) is 7.25. The molecule has 0 bridgehead atoms. The van der Waals surface area contributed by atoms with Crippen LogP contribution in [0.1, 0.15) is 25.3 Å². The number of rotatable bonds is 4. The molecule has 106 valence electrons. The van der Waals surface area contributed by atoms with Crippen LogP contribution >= 0.6 is 0 Å². The van der Waals surface area contributed by atoms with Gasteiger partial charge in [-0.15, -0.1) is 0 Å². The van der Waals surface area contributed by atoms with Crippen molar-refractivity contribution < 1.29 is 0 Å². The SMILES string of the molecule is CCc1c(NN)ncnc1N(C)C1CCCN(C)C1. The lowest BCUT2D eigenvalue weighted by molar-refractivity contribution is 0.247. The number of nitrogens with two attached hydrogens (primary N) is 1. The van der Waals surface area contributed by atoms with Gasteiger partial charge in [-0.2, -0.15) is 0 Å². The number of hydrazine groups is 1. The first-order chi connectivity index (χ1) is 9.17. The molecular formula is C13H24N6. The number of likely N-dealkylation sites (N-methyl/N-ethyl adjacent to an activating group) is 2. The number of aromatic nitrogens is 2. The second kappa shape index (κ2) is 6.16. The molecule has 0 aliphatic carbocycles. The molecule has 2 heterocycles. The number of nitrogens with one attached hydrogen (secondary N) is 1. The minimum atomic E-state index is 0.504. The first kappa shape index (κ1) is 14.0. The lowest BCUT2D eigenvalue weighted by Gasteiger charge is -2.37. The van der Waals surface area contributed by atoms with Crippen LogP contribution in [0.4, 0.5) is 11.6 Å². The molecule has 0 aromatic carbocycles. The summed E-state index contributed by atoms with van der Waals surface area (Å²) < 4.78 is 0. The standard InChI is InChI=1S/C13H24N6/c1-4-11-12(17-14)15-9-16-13(11)19(3)10-6-5-7-18(2)8-10/h9-10H,4-8,14H2,1-3H3,(H,15,16,17). The summed E-state index contributed by atoms with van der Waals surface area (Å²) in [6, 6.07) is 0.504. The molecule has 1 saturated heterocycles. The van der Waals surface area contributed by atoms with Crippen molar-refractivity contribution in [1.29, 1.82) is 0 Å². The van der Waals surface area contributed by atoms with E-state index in [4.69, 9.17) is 5.84 Å². The van der Waals surface area contributed by atoms with Crippen LogP contribution in [0.5, 0.6) is 0 Å². The molecule has 1 aromatic rings. The Hall–Kier alpha value is -1.40. The Bertz CT molecular complexity index is 422. The molecule has 19 heavy (non-hydrogen) atoms. The van der Waals surface area contributed by atoms with Gasteiger partial charge in [0.15, 0.2) is 0 Å². The van der Waals surface area contributed by atoms with Crippen LogP contribution < -0.4 is 16.2 Å². The van der Waals surface area contributed by atoms with E-state index in [2.05, 4.69) is 46.2 Å². The van der Waals surface area contributed by atoms with Crippen molar-refractivity contribution in [2.45, 2.75) is 32.2 Å². The van der Waals surface area contributed by atoms with Gasteiger partial charge >= 0.3 is 0 Å². The lowest BCUT2D eigenvalue weighted by Crippen LogP contribution is -2.45. The Balaban J connectivity index is 2.25. The van der Waals surface area contributed by atoms with E-state index in [9.17, 15) is 0 Å². The number of nitrogen functional groups attached to an aromatic ring is 1. The molecule has 3 N–H and O–H groups in total. The first-order valence-electron chi connectivity index (χ1n) is 6.89. The second-order valence-corrected chi connectivity index (χ2v) is 5.19. The Morgan fingerprint density at radius 3 is 2.95 bits per heavy atom. The van der Waals surface area contributed by atoms with Gasteiger partial charge in [0.1, 0.15) is 18.0 Å². The number of nitrogens with zero attached hydrogens (tertiary/aromatic N) is 4. The van der Waals surface area contributed by atoms with Crippen molar-refractivity contribution in [2.75, 3.05) is 37.5 Å². The summed E-state index contributed by atoms with van der Waals surface area (Å²) in [7, 11) is 4.29. The molecule has 1 unspecified atom stereocenters. The summed E-state index contributed by atoms with van der Waals surface area (Å²) in [6.45, 7) is 4.36. The van der Waals surface area contributed by atoms with Crippen LogP contribution in [0.3, 0.4) is 0 Å². The van der Waals surface area contributed by atoms with E-state index in [1.54, 1.807) is 6.33 Å². The van der Waals surface area contributed by atoms with Gasteiger partial charge in [-0.25, -0.2) is 15.8 Å². The van der Waals surface area contributed by atoms with E-state index in [-0.39, 0.29) is 0 Å². The topological polar surface area (TPSA) is 70.3 Å². The Labute approximate surface area is 115 Å². The average Bonchev–Trinajstić information content (AvgIpc) is 2.45. The van der Waals surface area contributed by atoms with Gasteiger partial charge in [0.25, 0.3) is 0 Å². The third kappa shape index (κ3) is 2.96. The fourth-order valence-electron chi connectivity index (χ4n) is 2.79. The van der Waals surface area contributed by atoms with Gasteiger partial charge < -0.3 is 15.2 Å². The van der Waals surface area contributed by atoms with Crippen molar-refractivity contribution in [3.63, 3.8) is 0 Å². The molecule has 6 heteroatoms. The number of anilines is 2. The number of likely N-dealkylation sites (tertiary alicyclic amines) is 1. The first-order valence-corrected chi connectivity index (χ1v) is 6.89. The molecule has 6 nitrogen and oxygen atoms in total. The van der Waals surface area contributed by atoms with Gasteiger partial charge in [-0.3, -0.25) is 0 Å². The van der Waals surface area contributed by atoms with Crippen molar-refractivity contribution in [1.82, 2.24) is 14.9 Å². The van der Waals surface area contributed by atoms with Crippen LogP contribution in [0.2, 0.25) is 0 Å².